The van der Waals surface area contributed by atoms with Gasteiger partial charge in [-0.15, -0.1) is 0 Å². The fraction of sp³-hybridized carbons (Fsp3) is 0.667. The van der Waals surface area contributed by atoms with E-state index in [1.54, 1.807) is 7.11 Å². The molecule has 21 heavy (non-hydrogen) atoms. The Hall–Kier alpha value is -1.06. The maximum atomic E-state index is 5.52. The van der Waals surface area contributed by atoms with E-state index in [0.717, 1.165) is 31.6 Å². The van der Waals surface area contributed by atoms with Crippen LogP contribution >= 0.6 is 0 Å². The summed E-state index contributed by atoms with van der Waals surface area (Å²) in [5, 5.41) is 3.71. The second-order valence-corrected chi connectivity index (χ2v) is 5.83. The molecular formula is C18H32N2O. The first-order valence-corrected chi connectivity index (χ1v) is 8.08. The number of ether oxygens (including phenoxy) is 1. The van der Waals surface area contributed by atoms with Crippen LogP contribution in [0.5, 0.6) is 5.75 Å². The van der Waals surface area contributed by atoms with Gasteiger partial charge in [0.15, 0.2) is 0 Å². The van der Waals surface area contributed by atoms with Crippen molar-refractivity contribution in [2.45, 2.75) is 51.6 Å². The lowest BCUT2D eigenvalue weighted by Gasteiger charge is -2.45. The van der Waals surface area contributed by atoms with Crippen LogP contribution in [-0.2, 0) is 6.42 Å². The number of methoxy groups -OCH3 is 1. The Balaban J connectivity index is 3.11. The lowest BCUT2D eigenvalue weighted by molar-refractivity contribution is 0.0886. The maximum Gasteiger partial charge on any atom is 0.122 e. The molecule has 3 nitrogen and oxygen atoms in total. The van der Waals surface area contributed by atoms with Gasteiger partial charge in [0.25, 0.3) is 0 Å². The van der Waals surface area contributed by atoms with E-state index in [4.69, 9.17) is 4.74 Å². The van der Waals surface area contributed by atoms with Gasteiger partial charge in [0, 0.05) is 11.6 Å². The van der Waals surface area contributed by atoms with Crippen molar-refractivity contribution in [3.63, 3.8) is 0 Å². The normalized spacial score (nSPS) is 13.5. The highest BCUT2D eigenvalue weighted by Gasteiger charge is 2.37. The van der Waals surface area contributed by atoms with Crippen LogP contribution in [-0.4, -0.2) is 44.2 Å². The Morgan fingerprint density at radius 2 is 1.76 bits per heavy atom. The van der Waals surface area contributed by atoms with Crippen LogP contribution in [0.2, 0.25) is 0 Å². The smallest absolute Gasteiger partial charge is 0.122 e. The van der Waals surface area contributed by atoms with E-state index in [1.165, 1.54) is 5.56 Å². The molecule has 0 radical (unpaired) electrons. The van der Waals surface area contributed by atoms with Crippen LogP contribution in [0, 0.1) is 0 Å². The molecule has 0 aliphatic heterocycles. The van der Waals surface area contributed by atoms with Crippen LogP contribution in [0.3, 0.4) is 0 Å². The molecule has 0 fully saturated rings. The van der Waals surface area contributed by atoms with Crippen LogP contribution in [0.1, 0.15) is 39.2 Å². The minimum absolute atomic E-state index is 0.164. The average Bonchev–Trinajstić information content (AvgIpc) is 2.49. The van der Waals surface area contributed by atoms with Gasteiger partial charge < -0.3 is 15.0 Å². The van der Waals surface area contributed by atoms with Crippen molar-refractivity contribution < 1.29 is 4.74 Å². The number of likely N-dealkylation sites (N-methyl/N-ethyl adjacent to an activating group) is 2. The molecular weight excluding hydrogens is 260 g/mol. The minimum Gasteiger partial charge on any atom is -0.496 e. The molecule has 1 rings (SSSR count). The van der Waals surface area contributed by atoms with Crippen molar-refractivity contribution in [1.29, 1.82) is 0 Å². The quantitative estimate of drug-likeness (QED) is 0.755. The fourth-order valence-corrected chi connectivity index (χ4v) is 3.48. The minimum atomic E-state index is 0.164. The molecule has 1 aromatic carbocycles. The third-order valence-corrected chi connectivity index (χ3v) is 4.83. The molecule has 0 amide bonds. The molecule has 0 saturated carbocycles. The van der Waals surface area contributed by atoms with Gasteiger partial charge in [-0.1, -0.05) is 39.0 Å². The van der Waals surface area contributed by atoms with Gasteiger partial charge in [-0.2, -0.15) is 0 Å². The highest BCUT2D eigenvalue weighted by atomic mass is 16.5. The van der Waals surface area contributed by atoms with E-state index >= 15 is 0 Å². The largest absolute Gasteiger partial charge is 0.496 e. The van der Waals surface area contributed by atoms with Crippen LogP contribution < -0.4 is 10.1 Å². The Kier molecular flexibility index (Phi) is 7.20. The van der Waals surface area contributed by atoms with Crippen molar-refractivity contribution in [3.8, 4) is 5.75 Å². The van der Waals surface area contributed by atoms with Gasteiger partial charge in [0.1, 0.15) is 5.75 Å². The summed E-state index contributed by atoms with van der Waals surface area (Å²) in [6.45, 7) is 7.74. The average molecular weight is 292 g/mol. The van der Waals surface area contributed by atoms with Crippen LogP contribution in [0.4, 0.5) is 0 Å². The number of rotatable bonds is 9. The molecule has 1 N–H and O–H groups in total. The van der Waals surface area contributed by atoms with Gasteiger partial charge in [-0.25, -0.2) is 0 Å². The number of hydrogen-bond acceptors (Lipinski definition) is 3. The summed E-state index contributed by atoms with van der Waals surface area (Å²) in [6.07, 6.45) is 3.24. The second kappa shape index (κ2) is 8.40. The van der Waals surface area contributed by atoms with Gasteiger partial charge >= 0.3 is 0 Å². The van der Waals surface area contributed by atoms with Crippen molar-refractivity contribution in [3.05, 3.63) is 29.8 Å². The number of nitrogens with one attached hydrogen (secondary N) is 1. The summed E-state index contributed by atoms with van der Waals surface area (Å²) >= 11 is 0. The molecule has 0 bridgehead atoms. The Labute approximate surface area is 130 Å². The molecule has 0 aromatic heterocycles. The topological polar surface area (TPSA) is 24.5 Å². The summed E-state index contributed by atoms with van der Waals surface area (Å²) in [5.41, 5.74) is 1.44. The molecule has 0 saturated heterocycles. The van der Waals surface area contributed by atoms with E-state index in [9.17, 15) is 0 Å². The molecule has 0 spiro atoms. The summed E-state index contributed by atoms with van der Waals surface area (Å²) in [4.78, 5) is 2.38. The van der Waals surface area contributed by atoms with Gasteiger partial charge in [0.2, 0.25) is 0 Å². The zero-order valence-corrected chi connectivity index (χ0v) is 14.6. The first-order valence-electron chi connectivity index (χ1n) is 8.08. The second-order valence-electron chi connectivity index (χ2n) is 5.83. The monoisotopic (exact) mass is 292 g/mol. The molecule has 120 valence electrons. The molecule has 0 heterocycles. The summed E-state index contributed by atoms with van der Waals surface area (Å²) in [5.74, 6) is 0.986. The summed E-state index contributed by atoms with van der Waals surface area (Å²) < 4.78 is 5.52. The van der Waals surface area contributed by atoms with Crippen molar-refractivity contribution in [1.82, 2.24) is 10.2 Å². The first-order chi connectivity index (χ1) is 10.1. The SMILES string of the molecule is CCNC(Cc1ccccc1OC)C(CC)(CC)N(C)C. The summed E-state index contributed by atoms with van der Waals surface area (Å²) in [7, 11) is 6.14. The number of nitrogens with zero attached hydrogens (tertiary/aromatic N) is 1. The number of para-hydroxylation sites is 1. The molecule has 1 atom stereocenters. The van der Waals surface area contributed by atoms with Crippen molar-refractivity contribution in [2.24, 2.45) is 0 Å². The van der Waals surface area contributed by atoms with Crippen LogP contribution in [0.25, 0.3) is 0 Å². The maximum absolute atomic E-state index is 5.52. The lowest BCUT2D eigenvalue weighted by atomic mass is 9.80. The molecule has 0 aliphatic rings. The van der Waals surface area contributed by atoms with E-state index in [1.807, 2.05) is 12.1 Å². The highest BCUT2D eigenvalue weighted by molar-refractivity contribution is 5.34. The third-order valence-electron chi connectivity index (χ3n) is 4.83. The molecule has 1 unspecified atom stereocenters. The van der Waals surface area contributed by atoms with Crippen molar-refractivity contribution >= 4 is 0 Å². The highest BCUT2D eigenvalue weighted by Crippen LogP contribution is 2.30. The molecule has 3 heteroatoms. The van der Waals surface area contributed by atoms with E-state index in [-0.39, 0.29) is 5.54 Å². The first kappa shape index (κ1) is 18.0. The van der Waals surface area contributed by atoms with Gasteiger partial charge in [0.05, 0.1) is 7.11 Å². The van der Waals surface area contributed by atoms with Gasteiger partial charge in [-0.05, 0) is 51.5 Å². The molecule has 1 aromatic rings. The Bertz CT molecular complexity index is 413. The zero-order chi connectivity index (χ0) is 15.9. The van der Waals surface area contributed by atoms with Crippen molar-refractivity contribution in [2.75, 3.05) is 27.7 Å². The van der Waals surface area contributed by atoms with E-state index in [2.05, 4.69) is 57.2 Å². The Morgan fingerprint density at radius 1 is 1.14 bits per heavy atom. The standard InChI is InChI=1S/C18H32N2O/c1-7-18(8-2,20(4)5)17(19-9-3)14-15-12-10-11-13-16(15)21-6/h10-13,17,19H,7-9,14H2,1-6H3. The molecule has 0 aliphatic carbocycles. The predicted octanol–water partition coefficient (Wildman–Crippen LogP) is 3.34. The van der Waals surface area contributed by atoms with Crippen LogP contribution in [0.15, 0.2) is 24.3 Å². The van der Waals surface area contributed by atoms with Gasteiger partial charge in [-0.3, -0.25) is 0 Å². The van der Waals surface area contributed by atoms with E-state index in [0.29, 0.717) is 6.04 Å². The zero-order valence-electron chi connectivity index (χ0n) is 14.6. The fourth-order valence-electron chi connectivity index (χ4n) is 3.48. The summed E-state index contributed by atoms with van der Waals surface area (Å²) in [6, 6.07) is 8.76. The lowest BCUT2D eigenvalue weighted by Crippen LogP contribution is -2.59. The van der Waals surface area contributed by atoms with E-state index < -0.39 is 0 Å². The third kappa shape index (κ3) is 3.98. The number of benzene rings is 1. The predicted molar refractivity (Wildman–Crippen MR) is 91.2 cm³/mol. The number of hydrogen-bond donors (Lipinski definition) is 1. The Morgan fingerprint density at radius 3 is 2.24 bits per heavy atom.